The SMILES string of the molecule is CN(Cc1cc(Br)ccc1OCc1ccccc1)c1ccc(C(=O)O)cn1. The number of carboxylic acids is 1. The van der Waals surface area contributed by atoms with Gasteiger partial charge < -0.3 is 14.7 Å². The molecule has 0 bridgehead atoms. The van der Waals surface area contributed by atoms with E-state index in [1.54, 1.807) is 12.1 Å². The number of hydrogen-bond donors (Lipinski definition) is 1. The fourth-order valence-electron chi connectivity index (χ4n) is 2.62. The minimum absolute atomic E-state index is 0.168. The lowest BCUT2D eigenvalue weighted by Gasteiger charge is -2.20. The molecule has 1 heterocycles. The lowest BCUT2D eigenvalue weighted by Crippen LogP contribution is -2.18. The quantitative estimate of drug-likeness (QED) is 0.589. The van der Waals surface area contributed by atoms with Gasteiger partial charge in [0.1, 0.15) is 18.2 Å². The molecule has 0 unspecified atom stereocenters. The zero-order valence-electron chi connectivity index (χ0n) is 14.8. The van der Waals surface area contributed by atoms with Crippen LogP contribution in [0, 0.1) is 0 Å². The lowest BCUT2D eigenvalue weighted by molar-refractivity contribution is 0.0696. The number of carbonyl (C=O) groups is 1. The molecule has 1 N–H and O–H groups in total. The number of nitrogens with zero attached hydrogens (tertiary/aromatic N) is 2. The summed E-state index contributed by atoms with van der Waals surface area (Å²) >= 11 is 3.51. The third-order valence-corrected chi connectivity index (χ3v) is 4.55. The number of ether oxygens (including phenoxy) is 1. The van der Waals surface area contributed by atoms with Crippen LogP contribution in [0.4, 0.5) is 5.82 Å². The molecule has 0 aliphatic heterocycles. The molecule has 0 aliphatic rings. The van der Waals surface area contributed by atoms with Gasteiger partial charge in [-0.25, -0.2) is 9.78 Å². The Morgan fingerprint density at radius 3 is 2.59 bits per heavy atom. The fraction of sp³-hybridized carbons (Fsp3) is 0.143. The zero-order chi connectivity index (χ0) is 19.2. The first-order valence-electron chi connectivity index (χ1n) is 8.38. The number of benzene rings is 2. The average Bonchev–Trinajstić information content (AvgIpc) is 2.68. The number of pyridine rings is 1. The normalized spacial score (nSPS) is 10.4. The number of halogens is 1. The summed E-state index contributed by atoms with van der Waals surface area (Å²) in [5, 5.41) is 8.99. The van der Waals surface area contributed by atoms with Crippen LogP contribution in [0.3, 0.4) is 0 Å². The van der Waals surface area contributed by atoms with Crippen molar-refractivity contribution in [2.45, 2.75) is 13.2 Å². The van der Waals surface area contributed by atoms with Gasteiger partial charge in [0.25, 0.3) is 0 Å². The van der Waals surface area contributed by atoms with Crippen molar-refractivity contribution in [3.05, 3.63) is 88.0 Å². The summed E-state index contributed by atoms with van der Waals surface area (Å²) < 4.78 is 6.98. The number of aromatic carboxylic acids is 1. The van der Waals surface area contributed by atoms with E-state index in [1.165, 1.54) is 6.20 Å². The molecule has 3 aromatic rings. The van der Waals surface area contributed by atoms with Crippen LogP contribution in [0.5, 0.6) is 5.75 Å². The van der Waals surface area contributed by atoms with E-state index in [0.29, 0.717) is 19.0 Å². The third kappa shape index (κ3) is 5.08. The monoisotopic (exact) mass is 426 g/mol. The molecule has 6 heteroatoms. The molecule has 27 heavy (non-hydrogen) atoms. The Bertz CT molecular complexity index is 914. The summed E-state index contributed by atoms with van der Waals surface area (Å²) in [6.45, 7) is 1.06. The number of rotatable bonds is 7. The molecule has 0 atom stereocenters. The molecule has 5 nitrogen and oxygen atoms in total. The minimum atomic E-state index is -0.986. The van der Waals surface area contributed by atoms with Crippen molar-refractivity contribution in [3.8, 4) is 5.75 Å². The van der Waals surface area contributed by atoms with Crippen molar-refractivity contribution >= 4 is 27.7 Å². The van der Waals surface area contributed by atoms with Crippen LogP contribution in [0.1, 0.15) is 21.5 Å². The zero-order valence-corrected chi connectivity index (χ0v) is 16.4. The first kappa shape index (κ1) is 18.9. The molecule has 0 amide bonds. The first-order chi connectivity index (χ1) is 13.0. The van der Waals surface area contributed by atoms with Crippen molar-refractivity contribution in [2.24, 2.45) is 0 Å². The van der Waals surface area contributed by atoms with Gasteiger partial charge in [0.15, 0.2) is 0 Å². The van der Waals surface area contributed by atoms with Crippen LogP contribution in [0.2, 0.25) is 0 Å². The van der Waals surface area contributed by atoms with Gasteiger partial charge in [-0.05, 0) is 35.9 Å². The van der Waals surface area contributed by atoms with Gasteiger partial charge in [-0.3, -0.25) is 0 Å². The van der Waals surface area contributed by atoms with Crippen molar-refractivity contribution in [1.29, 1.82) is 0 Å². The minimum Gasteiger partial charge on any atom is -0.489 e. The topological polar surface area (TPSA) is 62.7 Å². The molecule has 0 saturated carbocycles. The van der Waals surface area contributed by atoms with E-state index in [1.807, 2.05) is 60.5 Å². The third-order valence-electron chi connectivity index (χ3n) is 4.05. The maximum Gasteiger partial charge on any atom is 0.337 e. The molecule has 2 aromatic carbocycles. The summed E-state index contributed by atoms with van der Waals surface area (Å²) in [4.78, 5) is 17.2. The second-order valence-corrected chi connectivity index (χ2v) is 7.01. The number of hydrogen-bond acceptors (Lipinski definition) is 4. The molecule has 3 rings (SSSR count). The van der Waals surface area contributed by atoms with Gasteiger partial charge in [0, 0.05) is 29.8 Å². The summed E-state index contributed by atoms with van der Waals surface area (Å²) in [6, 6.07) is 19.2. The van der Waals surface area contributed by atoms with Crippen molar-refractivity contribution in [1.82, 2.24) is 4.98 Å². The fourth-order valence-corrected chi connectivity index (χ4v) is 3.03. The van der Waals surface area contributed by atoms with Crippen LogP contribution in [0.15, 0.2) is 71.3 Å². The average molecular weight is 427 g/mol. The predicted molar refractivity (Wildman–Crippen MR) is 108 cm³/mol. The molecule has 1 aromatic heterocycles. The van der Waals surface area contributed by atoms with E-state index >= 15 is 0 Å². The van der Waals surface area contributed by atoms with E-state index < -0.39 is 5.97 Å². The van der Waals surface area contributed by atoms with E-state index in [-0.39, 0.29) is 5.56 Å². The number of anilines is 1. The predicted octanol–water partition coefficient (Wildman–Crippen LogP) is 4.76. The highest BCUT2D eigenvalue weighted by Gasteiger charge is 2.11. The van der Waals surface area contributed by atoms with Crippen LogP contribution >= 0.6 is 15.9 Å². The van der Waals surface area contributed by atoms with Gasteiger partial charge in [0.05, 0.1) is 5.56 Å². The summed E-state index contributed by atoms with van der Waals surface area (Å²) in [5.41, 5.74) is 2.28. The van der Waals surface area contributed by atoms with Gasteiger partial charge >= 0.3 is 5.97 Å². The molecule has 0 spiro atoms. The van der Waals surface area contributed by atoms with Gasteiger partial charge in [-0.1, -0.05) is 46.3 Å². The molecular weight excluding hydrogens is 408 g/mol. The Hall–Kier alpha value is -2.86. The van der Waals surface area contributed by atoms with Gasteiger partial charge in [0.2, 0.25) is 0 Å². The molecule has 138 valence electrons. The molecule has 0 saturated heterocycles. The standard InChI is InChI=1S/C21H19BrN2O3/c1-24(20-10-7-16(12-23-20)21(25)26)13-17-11-18(22)8-9-19(17)27-14-15-5-3-2-4-6-15/h2-12H,13-14H2,1H3,(H,25,26). The van der Waals surface area contributed by atoms with E-state index in [9.17, 15) is 4.79 Å². The van der Waals surface area contributed by atoms with Crippen molar-refractivity contribution in [3.63, 3.8) is 0 Å². The van der Waals surface area contributed by atoms with E-state index in [4.69, 9.17) is 9.84 Å². The van der Waals surface area contributed by atoms with E-state index in [2.05, 4.69) is 20.9 Å². The Morgan fingerprint density at radius 2 is 1.93 bits per heavy atom. The van der Waals surface area contributed by atoms with Crippen molar-refractivity contribution in [2.75, 3.05) is 11.9 Å². The largest absolute Gasteiger partial charge is 0.489 e. The summed E-state index contributed by atoms with van der Waals surface area (Å²) in [7, 11) is 1.91. The summed E-state index contributed by atoms with van der Waals surface area (Å²) in [6.07, 6.45) is 1.36. The summed E-state index contributed by atoms with van der Waals surface area (Å²) in [5.74, 6) is 0.505. The molecule has 0 fully saturated rings. The maximum absolute atomic E-state index is 11.0. The Balaban J connectivity index is 1.74. The van der Waals surface area contributed by atoms with E-state index in [0.717, 1.165) is 21.3 Å². The number of carboxylic acid groups (broad SMARTS) is 1. The highest BCUT2D eigenvalue weighted by atomic mass is 79.9. The van der Waals surface area contributed by atoms with Gasteiger partial charge in [-0.15, -0.1) is 0 Å². The van der Waals surface area contributed by atoms with Crippen LogP contribution < -0.4 is 9.64 Å². The molecular formula is C21H19BrN2O3. The smallest absolute Gasteiger partial charge is 0.337 e. The lowest BCUT2D eigenvalue weighted by atomic mass is 10.2. The Kier molecular flexibility index (Phi) is 6.08. The second-order valence-electron chi connectivity index (χ2n) is 6.09. The second kappa shape index (κ2) is 8.68. The first-order valence-corrected chi connectivity index (χ1v) is 9.18. The van der Waals surface area contributed by atoms with Gasteiger partial charge in [-0.2, -0.15) is 0 Å². The van der Waals surface area contributed by atoms with Crippen LogP contribution in [-0.2, 0) is 13.2 Å². The van der Waals surface area contributed by atoms with Crippen LogP contribution in [-0.4, -0.2) is 23.1 Å². The van der Waals surface area contributed by atoms with Crippen LogP contribution in [0.25, 0.3) is 0 Å². The maximum atomic E-state index is 11.0. The van der Waals surface area contributed by atoms with Crippen molar-refractivity contribution < 1.29 is 14.6 Å². The number of aromatic nitrogens is 1. The Morgan fingerprint density at radius 1 is 1.15 bits per heavy atom. The molecule has 0 radical (unpaired) electrons. The highest BCUT2D eigenvalue weighted by Crippen LogP contribution is 2.26. The highest BCUT2D eigenvalue weighted by molar-refractivity contribution is 9.10. The Labute approximate surface area is 166 Å². The molecule has 0 aliphatic carbocycles.